The molecule has 2 rings (SSSR count). The number of hydrogen-bond acceptors (Lipinski definition) is 5. The second-order valence-corrected chi connectivity index (χ2v) is 5.05. The Bertz CT molecular complexity index is 291. The highest BCUT2D eigenvalue weighted by Crippen LogP contribution is 2.17. The Kier molecular flexibility index (Phi) is 4.71. The fourth-order valence-corrected chi connectivity index (χ4v) is 2.56. The van der Waals surface area contributed by atoms with Crippen LogP contribution in [0.25, 0.3) is 0 Å². The second-order valence-electron chi connectivity index (χ2n) is 4.07. The molecule has 1 saturated heterocycles. The Morgan fingerprint density at radius 1 is 1.50 bits per heavy atom. The van der Waals surface area contributed by atoms with Gasteiger partial charge in [0.05, 0.1) is 17.2 Å². The maximum atomic E-state index is 5.75. The van der Waals surface area contributed by atoms with E-state index in [2.05, 4.69) is 10.3 Å². The number of aromatic nitrogens is 1. The number of hydrogen-bond donors (Lipinski definition) is 2. The van der Waals surface area contributed by atoms with Crippen LogP contribution in [0.1, 0.15) is 17.8 Å². The van der Waals surface area contributed by atoms with Crippen molar-refractivity contribution in [1.29, 1.82) is 0 Å². The summed E-state index contributed by atoms with van der Waals surface area (Å²) in [6.07, 6.45) is 5.73. The summed E-state index contributed by atoms with van der Waals surface area (Å²) in [5.41, 5.74) is 5.56. The van der Waals surface area contributed by atoms with Crippen LogP contribution in [0.4, 0.5) is 0 Å². The molecule has 5 heteroatoms. The van der Waals surface area contributed by atoms with Crippen molar-refractivity contribution in [1.82, 2.24) is 10.3 Å². The van der Waals surface area contributed by atoms with Crippen LogP contribution in [0.2, 0.25) is 0 Å². The highest BCUT2D eigenvalue weighted by atomic mass is 32.1. The molecule has 0 amide bonds. The summed E-state index contributed by atoms with van der Waals surface area (Å²) in [6, 6.07) is 0. The number of nitrogens with one attached hydrogen (secondary N) is 1. The Hall–Kier alpha value is -0.490. The van der Waals surface area contributed by atoms with Crippen molar-refractivity contribution in [2.24, 2.45) is 5.73 Å². The lowest BCUT2D eigenvalue weighted by molar-refractivity contribution is 0.0507. The highest BCUT2D eigenvalue weighted by molar-refractivity contribution is 7.09. The molecule has 0 bridgehead atoms. The minimum Gasteiger partial charge on any atom is -0.372 e. The lowest BCUT2D eigenvalue weighted by Gasteiger charge is -2.12. The molecule has 1 aliphatic rings. The molecule has 0 saturated carbocycles. The smallest absolute Gasteiger partial charge is 0.0937 e. The molecule has 4 nitrogen and oxygen atoms in total. The van der Waals surface area contributed by atoms with E-state index in [1.165, 1.54) is 5.01 Å². The quantitative estimate of drug-likeness (QED) is 0.723. The first-order valence-corrected chi connectivity index (χ1v) is 6.71. The molecular weight excluding hydrogens is 222 g/mol. The van der Waals surface area contributed by atoms with Gasteiger partial charge in [-0.1, -0.05) is 0 Å². The molecule has 0 radical (unpaired) electrons. The van der Waals surface area contributed by atoms with Crippen LogP contribution < -0.4 is 11.1 Å². The van der Waals surface area contributed by atoms with Gasteiger partial charge in [0.15, 0.2) is 0 Å². The van der Waals surface area contributed by atoms with E-state index >= 15 is 0 Å². The van der Waals surface area contributed by atoms with Crippen molar-refractivity contribution < 1.29 is 4.74 Å². The van der Waals surface area contributed by atoms with Gasteiger partial charge in [-0.25, -0.2) is 4.98 Å². The largest absolute Gasteiger partial charge is 0.372 e. The van der Waals surface area contributed by atoms with Gasteiger partial charge in [-0.2, -0.15) is 0 Å². The Morgan fingerprint density at radius 2 is 2.38 bits per heavy atom. The topological polar surface area (TPSA) is 60.2 Å². The lowest BCUT2D eigenvalue weighted by Crippen LogP contribution is -2.30. The molecule has 1 aromatic rings. The number of ether oxygens (including phenoxy) is 1. The summed E-state index contributed by atoms with van der Waals surface area (Å²) in [7, 11) is 0. The van der Waals surface area contributed by atoms with Crippen LogP contribution >= 0.6 is 11.3 Å². The first-order valence-electron chi connectivity index (χ1n) is 5.83. The maximum absolute atomic E-state index is 5.75. The fraction of sp³-hybridized carbons (Fsp3) is 0.727. The van der Waals surface area contributed by atoms with E-state index in [0.29, 0.717) is 12.6 Å². The Labute approximate surface area is 100 Å². The average Bonchev–Trinajstić information content (AvgIpc) is 2.95. The van der Waals surface area contributed by atoms with Gasteiger partial charge in [0.1, 0.15) is 0 Å². The highest BCUT2D eigenvalue weighted by Gasteiger charge is 2.23. The second kappa shape index (κ2) is 6.30. The summed E-state index contributed by atoms with van der Waals surface area (Å²) in [4.78, 5) is 4.24. The summed E-state index contributed by atoms with van der Waals surface area (Å²) in [5, 5.41) is 6.62. The molecule has 3 N–H and O–H groups in total. The summed E-state index contributed by atoms with van der Waals surface area (Å²) >= 11 is 1.71. The molecule has 0 aromatic carbocycles. The summed E-state index contributed by atoms with van der Waals surface area (Å²) < 4.78 is 5.75. The molecule has 2 heterocycles. The van der Waals surface area contributed by atoms with Crippen molar-refractivity contribution in [3.8, 4) is 0 Å². The van der Waals surface area contributed by atoms with Crippen LogP contribution in [0.15, 0.2) is 11.6 Å². The predicted molar refractivity (Wildman–Crippen MR) is 65.6 cm³/mol. The average molecular weight is 241 g/mol. The van der Waals surface area contributed by atoms with E-state index in [1.807, 2.05) is 11.6 Å². The third-order valence-corrected chi connectivity index (χ3v) is 3.67. The van der Waals surface area contributed by atoms with Gasteiger partial charge in [0.25, 0.3) is 0 Å². The Morgan fingerprint density at radius 3 is 3.06 bits per heavy atom. The first-order chi connectivity index (χ1) is 7.88. The molecule has 2 unspecified atom stereocenters. The fourth-order valence-electron chi connectivity index (χ4n) is 1.94. The van der Waals surface area contributed by atoms with Crippen molar-refractivity contribution in [2.45, 2.75) is 31.5 Å². The molecule has 1 fully saturated rings. The third-order valence-electron chi connectivity index (χ3n) is 2.83. The number of thiazole rings is 1. The van der Waals surface area contributed by atoms with Gasteiger partial charge in [-0.3, -0.25) is 0 Å². The van der Waals surface area contributed by atoms with Crippen LogP contribution in [-0.4, -0.2) is 36.8 Å². The zero-order chi connectivity index (χ0) is 11.2. The van der Waals surface area contributed by atoms with E-state index in [1.54, 1.807) is 11.3 Å². The van der Waals surface area contributed by atoms with Crippen molar-refractivity contribution in [3.63, 3.8) is 0 Å². The molecular formula is C11H19N3OS. The van der Waals surface area contributed by atoms with Gasteiger partial charge in [0.2, 0.25) is 0 Å². The van der Waals surface area contributed by atoms with Crippen molar-refractivity contribution in [2.75, 3.05) is 19.6 Å². The maximum Gasteiger partial charge on any atom is 0.0937 e. The van der Waals surface area contributed by atoms with E-state index in [-0.39, 0.29) is 6.10 Å². The van der Waals surface area contributed by atoms with E-state index in [9.17, 15) is 0 Å². The molecule has 90 valence electrons. The zero-order valence-electron chi connectivity index (χ0n) is 9.39. The summed E-state index contributed by atoms with van der Waals surface area (Å²) in [6.45, 7) is 2.55. The van der Waals surface area contributed by atoms with Crippen molar-refractivity contribution >= 4 is 11.3 Å². The molecule has 1 aliphatic heterocycles. The van der Waals surface area contributed by atoms with Crippen LogP contribution in [0.3, 0.4) is 0 Å². The Balaban J connectivity index is 1.55. The summed E-state index contributed by atoms with van der Waals surface area (Å²) in [5.74, 6) is 0. The molecule has 16 heavy (non-hydrogen) atoms. The number of nitrogens with two attached hydrogens (primary N) is 1. The van der Waals surface area contributed by atoms with Crippen molar-refractivity contribution in [3.05, 3.63) is 16.6 Å². The monoisotopic (exact) mass is 241 g/mol. The van der Waals surface area contributed by atoms with Crippen LogP contribution in [-0.2, 0) is 11.2 Å². The van der Waals surface area contributed by atoms with Gasteiger partial charge >= 0.3 is 0 Å². The van der Waals surface area contributed by atoms with E-state index in [0.717, 1.165) is 32.4 Å². The third kappa shape index (κ3) is 3.52. The normalized spacial score (nSPS) is 25.1. The standard InChI is InChI=1S/C11H19N3OS/c12-7-9-1-2-10(15-9)8-13-4-3-11-14-5-6-16-11/h5-6,9-10,13H,1-4,7-8,12H2. The molecule has 0 spiro atoms. The van der Waals surface area contributed by atoms with E-state index < -0.39 is 0 Å². The van der Waals surface area contributed by atoms with Crippen LogP contribution in [0, 0.1) is 0 Å². The number of rotatable bonds is 6. The zero-order valence-corrected chi connectivity index (χ0v) is 10.2. The van der Waals surface area contributed by atoms with Gasteiger partial charge in [0, 0.05) is 37.6 Å². The van der Waals surface area contributed by atoms with Gasteiger partial charge in [-0.15, -0.1) is 11.3 Å². The molecule has 2 atom stereocenters. The SMILES string of the molecule is NCC1CCC(CNCCc2nccs2)O1. The molecule has 0 aliphatic carbocycles. The first kappa shape index (κ1) is 12.0. The minimum absolute atomic E-state index is 0.283. The predicted octanol–water partition coefficient (Wildman–Crippen LogP) is 0.781. The molecule has 1 aromatic heterocycles. The lowest BCUT2D eigenvalue weighted by atomic mass is 10.2. The van der Waals surface area contributed by atoms with Gasteiger partial charge < -0.3 is 15.8 Å². The van der Waals surface area contributed by atoms with Crippen LogP contribution in [0.5, 0.6) is 0 Å². The number of nitrogens with zero attached hydrogens (tertiary/aromatic N) is 1. The van der Waals surface area contributed by atoms with E-state index in [4.69, 9.17) is 10.5 Å². The van der Waals surface area contributed by atoms with Gasteiger partial charge in [-0.05, 0) is 12.8 Å². The minimum atomic E-state index is 0.283.